The van der Waals surface area contributed by atoms with Crippen LogP contribution in [0.1, 0.15) is 17.1 Å². The molecular formula is C24H24N8O. The summed E-state index contributed by atoms with van der Waals surface area (Å²) in [7, 11) is 0. The number of allylic oxidation sites excluding steroid dienone is 2. The number of pyridine rings is 2. The van der Waals surface area contributed by atoms with Gasteiger partial charge in [-0.2, -0.15) is 0 Å². The van der Waals surface area contributed by atoms with E-state index in [2.05, 4.69) is 36.4 Å². The molecule has 0 saturated heterocycles. The minimum absolute atomic E-state index is 0.0732. The number of guanidine groups is 1. The number of H-pyrrole nitrogens is 1. The van der Waals surface area contributed by atoms with Crippen molar-refractivity contribution in [2.75, 3.05) is 5.32 Å². The quantitative estimate of drug-likeness (QED) is 0.198. The van der Waals surface area contributed by atoms with Gasteiger partial charge in [0.15, 0.2) is 5.96 Å². The summed E-state index contributed by atoms with van der Waals surface area (Å²) in [5, 5.41) is 4.44. The van der Waals surface area contributed by atoms with Gasteiger partial charge in [-0.05, 0) is 42.1 Å². The highest BCUT2D eigenvalue weighted by Crippen LogP contribution is 2.26. The van der Waals surface area contributed by atoms with Gasteiger partial charge in [0.25, 0.3) is 5.56 Å². The number of aryl methyl sites for hydroxylation is 1. The number of aromatic nitrogens is 4. The van der Waals surface area contributed by atoms with Crippen LogP contribution in [0.3, 0.4) is 0 Å². The average molecular weight is 441 g/mol. The molecule has 9 heteroatoms. The molecule has 0 saturated carbocycles. The largest absolute Gasteiger partial charge is 0.370 e. The van der Waals surface area contributed by atoms with Gasteiger partial charge in [0.1, 0.15) is 11.6 Å². The molecule has 4 aromatic rings. The summed E-state index contributed by atoms with van der Waals surface area (Å²) in [6.45, 7) is 6.51. The smallest absolute Gasteiger partial charge is 0.259 e. The van der Waals surface area contributed by atoms with E-state index in [1.54, 1.807) is 24.5 Å². The summed E-state index contributed by atoms with van der Waals surface area (Å²) in [6, 6.07) is 11.5. The maximum absolute atomic E-state index is 12.6. The number of nitrogens with two attached hydrogens (primary N) is 2. The molecule has 0 atom stereocenters. The van der Waals surface area contributed by atoms with Crippen molar-refractivity contribution in [3.8, 4) is 0 Å². The molecule has 0 bridgehead atoms. The fourth-order valence-corrected chi connectivity index (χ4v) is 3.42. The molecule has 0 aliphatic rings. The van der Waals surface area contributed by atoms with Crippen LogP contribution >= 0.6 is 0 Å². The Hall–Kier alpha value is -4.66. The number of imidazole rings is 1. The first-order valence-corrected chi connectivity index (χ1v) is 10.2. The Bertz CT molecular complexity index is 1420. The van der Waals surface area contributed by atoms with Gasteiger partial charge in [0, 0.05) is 42.6 Å². The molecule has 3 heterocycles. The van der Waals surface area contributed by atoms with Crippen molar-refractivity contribution in [1.82, 2.24) is 19.5 Å². The van der Waals surface area contributed by atoms with Gasteiger partial charge in [-0.15, -0.1) is 0 Å². The third-order valence-electron chi connectivity index (χ3n) is 5.12. The van der Waals surface area contributed by atoms with E-state index < -0.39 is 0 Å². The number of nitrogens with one attached hydrogen (secondary N) is 2. The summed E-state index contributed by atoms with van der Waals surface area (Å²) < 4.78 is 2.07. The molecule has 3 aromatic heterocycles. The molecule has 0 fully saturated rings. The predicted molar refractivity (Wildman–Crippen MR) is 132 cm³/mol. The SMILES string of the molecule is C=C/C(=C\N=C(N)N)c1cc2cc[nH]c(=O)c2c(Nc2ccc(Cn3ccnc3C)cc2)n1. The van der Waals surface area contributed by atoms with Gasteiger partial charge in [-0.25, -0.2) is 15.0 Å². The second kappa shape index (κ2) is 9.23. The summed E-state index contributed by atoms with van der Waals surface area (Å²) in [6.07, 6.45) is 8.41. The Labute approximate surface area is 190 Å². The van der Waals surface area contributed by atoms with Crippen molar-refractivity contribution in [3.05, 3.63) is 101 Å². The van der Waals surface area contributed by atoms with Crippen LogP contribution in [0, 0.1) is 6.92 Å². The molecule has 4 rings (SSSR count). The predicted octanol–water partition coefficient (Wildman–Crippen LogP) is 3.02. The van der Waals surface area contributed by atoms with Crippen molar-refractivity contribution in [2.24, 2.45) is 16.5 Å². The number of anilines is 2. The average Bonchev–Trinajstić information content (AvgIpc) is 3.19. The highest BCUT2D eigenvalue weighted by Gasteiger charge is 2.12. The number of aromatic amines is 1. The van der Waals surface area contributed by atoms with Gasteiger partial charge in [0.2, 0.25) is 0 Å². The standard InChI is InChI=1S/C24H24N8O/c1-3-17(13-29-24(25)26)20-12-18-8-9-28-23(33)21(18)22(31-20)30-19-6-4-16(5-7-19)14-32-11-10-27-15(32)2/h3-13H,1,14H2,2H3,(H,28,33)(H,30,31)(H4,25,26,29)/b17-13+. The molecule has 166 valence electrons. The van der Waals surface area contributed by atoms with E-state index in [9.17, 15) is 4.79 Å². The molecule has 0 aliphatic carbocycles. The monoisotopic (exact) mass is 440 g/mol. The van der Waals surface area contributed by atoms with E-state index in [0.717, 1.165) is 29.0 Å². The molecule has 1 aromatic carbocycles. The van der Waals surface area contributed by atoms with E-state index in [-0.39, 0.29) is 11.5 Å². The van der Waals surface area contributed by atoms with Crippen molar-refractivity contribution in [1.29, 1.82) is 0 Å². The molecular weight excluding hydrogens is 416 g/mol. The van der Waals surface area contributed by atoms with Gasteiger partial charge >= 0.3 is 0 Å². The van der Waals surface area contributed by atoms with Crippen LogP contribution in [0.4, 0.5) is 11.5 Å². The zero-order valence-corrected chi connectivity index (χ0v) is 18.1. The number of fused-ring (bicyclic) bond motifs is 1. The molecule has 0 amide bonds. The second-order valence-electron chi connectivity index (χ2n) is 7.39. The van der Waals surface area contributed by atoms with Crippen LogP contribution in [0.5, 0.6) is 0 Å². The zero-order valence-electron chi connectivity index (χ0n) is 18.1. The fourth-order valence-electron chi connectivity index (χ4n) is 3.42. The van der Waals surface area contributed by atoms with Crippen LogP contribution in [0.15, 0.2) is 83.6 Å². The van der Waals surface area contributed by atoms with Crippen molar-refractivity contribution in [3.63, 3.8) is 0 Å². The number of aliphatic imine (C=N–C) groups is 1. The van der Waals surface area contributed by atoms with Crippen molar-refractivity contribution >= 4 is 33.8 Å². The molecule has 0 spiro atoms. The molecule has 9 nitrogen and oxygen atoms in total. The van der Waals surface area contributed by atoms with E-state index in [1.165, 1.54) is 6.20 Å². The first-order valence-electron chi connectivity index (χ1n) is 10.2. The first-order chi connectivity index (χ1) is 15.9. The van der Waals surface area contributed by atoms with Gasteiger partial charge in [-0.3, -0.25) is 4.79 Å². The molecule has 0 radical (unpaired) electrons. The number of benzene rings is 1. The van der Waals surface area contributed by atoms with Gasteiger partial charge < -0.3 is 26.3 Å². The van der Waals surface area contributed by atoms with Crippen molar-refractivity contribution in [2.45, 2.75) is 13.5 Å². The maximum atomic E-state index is 12.6. The maximum Gasteiger partial charge on any atom is 0.259 e. The second-order valence-corrected chi connectivity index (χ2v) is 7.39. The van der Waals surface area contributed by atoms with Crippen LogP contribution in [0.25, 0.3) is 16.3 Å². The lowest BCUT2D eigenvalue weighted by molar-refractivity contribution is 0.762. The highest BCUT2D eigenvalue weighted by atomic mass is 16.1. The first kappa shape index (κ1) is 21.6. The summed E-state index contributed by atoms with van der Waals surface area (Å²) >= 11 is 0. The Kier molecular flexibility index (Phi) is 6.03. The van der Waals surface area contributed by atoms with Crippen LogP contribution in [-0.2, 0) is 6.54 Å². The topological polar surface area (TPSA) is 140 Å². The summed E-state index contributed by atoms with van der Waals surface area (Å²) in [4.78, 5) is 28.1. The zero-order chi connectivity index (χ0) is 23.4. The van der Waals surface area contributed by atoms with E-state index in [1.807, 2.05) is 43.5 Å². The van der Waals surface area contributed by atoms with Gasteiger partial charge in [-0.1, -0.05) is 24.8 Å². The van der Waals surface area contributed by atoms with Crippen molar-refractivity contribution < 1.29 is 0 Å². The van der Waals surface area contributed by atoms with Gasteiger partial charge in [0.05, 0.1) is 11.1 Å². The highest BCUT2D eigenvalue weighted by molar-refractivity contribution is 5.95. The van der Waals surface area contributed by atoms with E-state index in [4.69, 9.17) is 11.5 Å². The molecule has 0 unspecified atom stereocenters. The Morgan fingerprint density at radius 2 is 2.06 bits per heavy atom. The lowest BCUT2D eigenvalue weighted by Gasteiger charge is -2.12. The normalized spacial score (nSPS) is 11.4. The number of hydrogen-bond donors (Lipinski definition) is 4. The lowest BCUT2D eigenvalue weighted by atomic mass is 10.1. The Balaban J connectivity index is 1.71. The molecule has 6 N–H and O–H groups in total. The Morgan fingerprint density at radius 3 is 2.73 bits per heavy atom. The number of nitrogens with zero attached hydrogens (tertiary/aromatic N) is 4. The van der Waals surface area contributed by atoms with Crippen LogP contribution < -0.4 is 22.3 Å². The van der Waals surface area contributed by atoms with E-state index in [0.29, 0.717) is 22.5 Å². The number of rotatable bonds is 7. The van der Waals surface area contributed by atoms with Crippen LogP contribution in [-0.4, -0.2) is 25.5 Å². The van der Waals surface area contributed by atoms with Crippen LogP contribution in [0.2, 0.25) is 0 Å². The lowest BCUT2D eigenvalue weighted by Crippen LogP contribution is -2.21. The Morgan fingerprint density at radius 1 is 1.27 bits per heavy atom. The molecule has 33 heavy (non-hydrogen) atoms. The minimum Gasteiger partial charge on any atom is -0.370 e. The summed E-state index contributed by atoms with van der Waals surface area (Å²) in [5.74, 6) is 1.30. The number of hydrogen-bond acceptors (Lipinski definition) is 5. The van der Waals surface area contributed by atoms with E-state index >= 15 is 0 Å². The minimum atomic E-state index is -0.241. The summed E-state index contributed by atoms with van der Waals surface area (Å²) in [5.41, 5.74) is 13.8. The third kappa shape index (κ3) is 4.82. The fraction of sp³-hybridized carbons (Fsp3) is 0.0833. The molecule has 0 aliphatic heterocycles. The third-order valence-corrected chi connectivity index (χ3v) is 5.12.